The zero-order valence-corrected chi connectivity index (χ0v) is 13.0. The van der Waals surface area contributed by atoms with Gasteiger partial charge in [0.15, 0.2) is 0 Å². The van der Waals surface area contributed by atoms with Crippen LogP contribution in [-0.2, 0) is 10.0 Å². The fourth-order valence-corrected chi connectivity index (χ4v) is 3.06. The third kappa shape index (κ3) is 3.80. The molecule has 0 spiro atoms. The number of halogens is 1. The summed E-state index contributed by atoms with van der Waals surface area (Å²) in [6.45, 7) is 2.84. The molecule has 0 amide bonds. The summed E-state index contributed by atoms with van der Waals surface area (Å²) in [5.74, 6) is 4.31. The molecule has 1 aromatic rings. The van der Waals surface area contributed by atoms with E-state index in [2.05, 4.69) is 11.8 Å². The molecule has 0 heterocycles. The predicted octanol–water partition coefficient (Wildman–Crippen LogP) is 0.527. The van der Waals surface area contributed by atoms with Gasteiger partial charge in [-0.1, -0.05) is 11.8 Å². The van der Waals surface area contributed by atoms with Crippen molar-refractivity contribution in [2.45, 2.75) is 24.3 Å². The highest BCUT2D eigenvalue weighted by Crippen LogP contribution is 2.25. The minimum atomic E-state index is -4.05. The average molecular weight is 314 g/mol. The molecule has 0 bridgehead atoms. The van der Waals surface area contributed by atoms with Crippen LogP contribution in [0.3, 0.4) is 0 Å². The Morgan fingerprint density at radius 1 is 1.43 bits per heavy atom. The first-order valence-corrected chi connectivity index (χ1v) is 7.69. The van der Waals surface area contributed by atoms with Crippen LogP contribution in [0.1, 0.15) is 19.4 Å². The van der Waals surface area contributed by atoms with Gasteiger partial charge >= 0.3 is 0 Å². The molecule has 0 radical (unpaired) electrons. The molecule has 7 heteroatoms. The van der Waals surface area contributed by atoms with Gasteiger partial charge in [0.2, 0.25) is 10.0 Å². The van der Waals surface area contributed by atoms with E-state index in [-0.39, 0.29) is 13.2 Å². The van der Waals surface area contributed by atoms with Crippen molar-refractivity contribution < 1.29 is 17.9 Å². The van der Waals surface area contributed by atoms with Crippen LogP contribution in [0.25, 0.3) is 0 Å². The molecule has 0 aromatic heterocycles. The van der Waals surface area contributed by atoms with Gasteiger partial charge in [-0.15, -0.1) is 0 Å². The van der Waals surface area contributed by atoms with Gasteiger partial charge in [0, 0.05) is 12.6 Å². The number of aliphatic hydroxyl groups is 1. The molecule has 3 N–H and O–H groups in total. The zero-order chi connectivity index (χ0) is 16.3. The quantitative estimate of drug-likeness (QED) is 0.794. The van der Waals surface area contributed by atoms with Crippen LogP contribution in [0.4, 0.5) is 4.39 Å². The van der Waals surface area contributed by atoms with Gasteiger partial charge in [0.05, 0.1) is 18.7 Å². The summed E-state index contributed by atoms with van der Waals surface area (Å²) >= 11 is 0. The highest BCUT2D eigenvalue weighted by atomic mass is 32.2. The van der Waals surface area contributed by atoms with Crippen LogP contribution in [0.15, 0.2) is 23.1 Å². The van der Waals surface area contributed by atoms with Crippen molar-refractivity contribution in [1.29, 1.82) is 0 Å². The number of sulfonamides is 1. The van der Waals surface area contributed by atoms with Gasteiger partial charge in [-0.25, -0.2) is 12.8 Å². The third-order valence-corrected chi connectivity index (χ3v) is 5.25. The fourth-order valence-electron chi connectivity index (χ4n) is 1.51. The maximum absolute atomic E-state index is 14.1. The Labute approximate surface area is 124 Å². The topological polar surface area (TPSA) is 83.6 Å². The van der Waals surface area contributed by atoms with E-state index in [1.165, 1.54) is 13.1 Å². The van der Waals surface area contributed by atoms with Gasteiger partial charge in [-0.3, -0.25) is 0 Å². The van der Waals surface area contributed by atoms with Crippen LogP contribution in [0.2, 0.25) is 0 Å². The van der Waals surface area contributed by atoms with Crippen molar-refractivity contribution in [1.82, 2.24) is 4.31 Å². The summed E-state index contributed by atoms with van der Waals surface area (Å²) < 4.78 is 39.8. The smallest absolute Gasteiger partial charge is 0.246 e. The Kier molecular flexibility index (Phi) is 5.48. The van der Waals surface area contributed by atoms with Gasteiger partial charge in [0.1, 0.15) is 10.7 Å². The molecular formula is C14H19FN2O3S. The minimum Gasteiger partial charge on any atom is -0.394 e. The number of likely N-dealkylation sites (N-methyl/N-ethyl adjacent to an activating group) is 1. The number of rotatable bonds is 4. The van der Waals surface area contributed by atoms with E-state index in [4.69, 9.17) is 5.73 Å². The Balaban J connectivity index is 3.27. The Morgan fingerprint density at radius 2 is 2.05 bits per heavy atom. The largest absolute Gasteiger partial charge is 0.394 e. The molecule has 0 aliphatic rings. The van der Waals surface area contributed by atoms with E-state index < -0.39 is 26.3 Å². The number of aliphatic hydroxyl groups excluding tert-OH is 1. The SMILES string of the molecule is CN(C(C)(C)CO)S(=O)(=O)c1ccc(C#CCN)cc1F. The van der Waals surface area contributed by atoms with Gasteiger partial charge in [-0.2, -0.15) is 4.31 Å². The van der Waals surface area contributed by atoms with Crippen molar-refractivity contribution >= 4 is 10.0 Å². The van der Waals surface area contributed by atoms with Crippen molar-refractivity contribution in [2.24, 2.45) is 5.73 Å². The average Bonchev–Trinajstić information content (AvgIpc) is 2.43. The standard InChI is InChI=1S/C14H19FN2O3S/c1-14(2,10-18)17(3)21(19,20)13-7-6-11(5-4-8-16)9-12(13)15/h6-7,9,18H,8,10,16H2,1-3H3. The lowest BCUT2D eigenvalue weighted by molar-refractivity contribution is 0.137. The fraction of sp³-hybridized carbons (Fsp3) is 0.429. The molecule has 0 saturated carbocycles. The third-order valence-electron chi connectivity index (χ3n) is 3.14. The molecule has 116 valence electrons. The molecule has 0 saturated heterocycles. The molecular weight excluding hydrogens is 295 g/mol. The molecule has 0 aliphatic heterocycles. The van der Waals surface area contributed by atoms with Gasteiger partial charge in [0.25, 0.3) is 0 Å². The lowest BCUT2D eigenvalue weighted by Crippen LogP contribution is -2.47. The summed E-state index contributed by atoms with van der Waals surface area (Å²) in [5.41, 5.74) is 4.53. The monoisotopic (exact) mass is 314 g/mol. The van der Waals surface area contributed by atoms with Crippen molar-refractivity contribution in [3.63, 3.8) is 0 Å². The molecule has 0 atom stereocenters. The number of hydrogen-bond donors (Lipinski definition) is 2. The Morgan fingerprint density at radius 3 is 2.52 bits per heavy atom. The minimum absolute atomic E-state index is 0.134. The van der Waals surface area contributed by atoms with E-state index in [9.17, 15) is 17.9 Å². The van der Waals surface area contributed by atoms with Crippen LogP contribution >= 0.6 is 0 Å². The van der Waals surface area contributed by atoms with E-state index >= 15 is 0 Å². The summed E-state index contributed by atoms with van der Waals surface area (Å²) in [4.78, 5) is -0.454. The van der Waals surface area contributed by atoms with E-state index in [1.807, 2.05) is 0 Å². The predicted molar refractivity (Wildman–Crippen MR) is 78.4 cm³/mol. The molecule has 0 fully saturated rings. The highest BCUT2D eigenvalue weighted by molar-refractivity contribution is 7.89. The molecule has 0 aliphatic carbocycles. The Hall–Kier alpha value is -1.46. The lowest BCUT2D eigenvalue weighted by Gasteiger charge is -2.32. The highest BCUT2D eigenvalue weighted by Gasteiger charge is 2.35. The molecule has 0 unspecified atom stereocenters. The molecule has 5 nitrogen and oxygen atoms in total. The second-order valence-corrected chi connectivity index (χ2v) is 7.03. The first-order valence-electron chi connectivity index (χ1n) is 6.25. The first-order chi connectivity index (χ1) is 9.66. The summed E-state index contributed by atoms with van der Waals surface area (Å²) in [7, 11) is -2.75. The van der Waals surface area contributed by atoms with Crippen LogP contribution in [0, 0.1) is 17.7 Å². The summed E-state index contributed by atoms with van der Waals surface area (Å²) in [6.07, 6.45) is 0. The van der Waals surface area contributed by atoms with Crippen molar-refractivity contribution in [2.75, 3.05) is 20.2 Å². The van der Waals surface area contributed by atoms with Gasteiger partial charge in [-0.05, 0) is 32.0 Å². The Bertz CT molecular complexity index is 675. The normalized spacial score (nSPS) is 12.1. The van der Waals surface area contributed by atoms with E-state index in [0.29, 0.717) is 5.56 Å². The first kappa shape index (κ1) is 17.6. The number of nitrogens with zero attached hydrogens (tertiary/aromatic N) is 1. The second-order valence-electron chi connectivity index (χ2n) is 5.09. The zero-order valence-electron chi connectivity index (χ0n) is 12.2. The maximum atomic E-state index is 14.1. The van der Waals surface area contributed by atoms with Gasteiger partial charge < -0.3 is 10.8 Å². The number of benzene rings is 1. The van der Waals surface area contributed by atoms with Crippen LogP contribution in [0.5, 0.6) is 0 Å². The molecule has 21 heavy (non-hydrogen) atoms. The van der Waals surface area contributed by atoms with Crippen molar-refractivity contribution in [3.05, 3.63) is 29.6 Å². The van der Waals surface area contributed by atoms with Crippen LogP contribution in [-0.4, -0.2) is 43.6 Å². The van der Waals surface area contributed by atoms with Crippen molar-refractivity contribution in [3.8, 4) is 11.8 Å². The maximum Gasteiger partial charge on any atom is 0.246 e. The lowest BCUT2D eigenvalue weighted by atomic mass is 10.1. The summed E-state index contributed by atoms with van der Waals surface area (Å²) in [5, 5.41) is 9.26. The van der Waals surface area contributed by atoms with E-state index in [1.54, 1.807) is 13.8 Å². The van der Waals surface area contributed by atoms with E-state index in [0.717, 1.165) is 16.4 Å². The number of nitrogens with two attached hydrogens (primary N) is 1. The molecule has 1 aromatic carbocycles. The molecule has 1 rings (SSSR count). The second kappa shape index (κ2) is 6.54. The summed E-state index contributed by atoms with van der Waals surface area (Å²) in [6, 6.07) is 3.63. The number of hydrogen-bond acceptors (Lipinski definition) is 4. The van der Waals surface area contributed by atoms with Crippen LogP contribution < -0.4 is 5.73 Å².